The Bertz CT molecular complexity index is 630. The lowest BCUT2D eigenvalue weighted by molar-refractivity contribution is 0.0945. The molecule has 0 spiro atoms. The van der Waals surface area contributed by atoms with Gasteiger partial charge in [0.25, 0.3) is 5.91 Å². The molecule has 4 heteroatoms. The van der Waals surface area contributed by atoms with Gasteiger partial charge in [0.2, 0.25) is 0 Å². The van der Waals surface area contributed by atoms with E-state index in [9.17, 15) is 9.90 Å². The summed E-state index contributed by atoms with van der Waals surface area (Å²) in [5.74, 6) is 0.684. The van der Waals surface area contributed by atoms with Crippen LogP contribution in [0.2, 0.25) is 0 Å². The van der Waals surface area contributed by atoms with Gasteiger partial charge in [-0.1, -0.05) is 12.1 Å². The largest absolute Gasteiger partial charge is 0.469 e. The van der Waals surface area contributed by atoms with Gasteiger partial charge in [0.15, 0.2) is 0 Å². The number of amides is 1. The van der Waals surface area contributed by atoms with Crippen LogP contribution in [0.3, 0.4) is 0 Å². The number of hydrogen-bond donors (Lipinski definition) is 2. The van der Waals surface area contributed by atoms with E-state index in [1.54, 1.807) is 18.4 Å². The molecule has 1 unspecified atom stereocenters. The fraction of sp³-hybridized carbons (Fsp3) is 0.267. The van der Waals surface area contributed by atoms with Crippen molar-refractivity contribution >= 4 is 5.91 Å². The van der Waals surface area contributed by atoms with Gasteiger partial charge in [-0.25, -0.2) is 0 Å². The summed E-state index contributed by atoms with van der Waals surface area (Å²) in [5.41, 5.74) is 3.09. The number of nitrogens with one attached hydrogen (secondary N) is 1. The molecule has 0 radical (unpaired) electrons. The zero-order valence-electron chi connectivity index (χ0n) is 10.6. The minimum Gasteiger partial charge on any atom is -0.469 e. The van der Waals surface area contributed by atoms with Crippen molar-refractivity contribution in [3.63, 3.8) is 0 Å². The molecule has 0 saturated heterocycles. The number of hydrogen-bond acceptors (Lipinski definition) is 3. The number of rotatable bonds is 2. The van der Waals surface area contributed by atoms with Crippen molar-refractivity contribution in [3.8, 4) is 0 Å². The molecule has 1 aliphatic rings. The second-order valence-electron chi connectivity index (χ2n) is 4.82. The average Bonchev–Trinajstić information content (AvgIpc) is 2.85. The normalized spacial score (nSPS) is 15.8. The van der Waals surface area contributed by atoms with Crippen LogP contribution in [0.4, 0.5) is 0 Å². The first kappa shape index (κ1) is 12.0. The summed E-state index contributed by atoms with van der Waals surface area (Å²) < 4.78 is 5.20. The molecule has 1 aromatic carbocycles. The summed E-state index contributed by atoms with van der Waals surface area (Å²) in [4.78, 5) is 11.8. The lowest BCUT2D eigenvalue weighted by Gasteiger charge is -2.18. The van der Waals surface area contributed by atoms with Gasteiger partial charge < -0.3 is 14.8 Å². The summed E-state index contributed by atoms with van der Waals surface area (Å²) in [5, 5.41) is 13.1. The van der Waals surface area contributed by atoms with E-state index in [1.165, 1.54) is 0 Å². The second kappa shape index (κ2) is 4.55. The molecule has 98 valence electrons. The van der Waals surface area contributed by atoms with E-state index in [0.717, 1.165) is 17.7 Å². The monoisotopic (exact) mass is 257 g/mol. The Kier molecular flexibility index (Phi) is 2.87. The Balaban J connectivity index is 1.97. The molecule has 1 aliphatic heterocycles. The third-order valence-electron chi connectivity index (χ3n) is 3.44. The van der Waals surface area contributed by atoms with Crippen molar-refractivity contribution in [3.05, 3.63) is 58.5 Å². The van der Waals surface area contributed by atoms with Crippen molar-refractivity contribution in [1.82, 2.24) is 5.32 Å². The third kappa shape index (κ3) is 2.15. The van der Waals surface area contributed by atoms with Crippen molar-refractivity contribution in [2.24, 2.45) is 0 Å². The molecule has 0 aliphatic carbocycles. The Morgan fingerprint density at radius 2 is 2.16 bits per heavy atom. The molecule has 1 aromatic heterocycles. The number of aliphatic hydroxyl groups excluding tert-OH is 1. The van der Waals surface area contributed by atoms with Crippen molar-refractivity contribution in [1.29, 1.82) is 0 Å². The molecule has 3 rings (SSSR count). The van der Waals surface area contributed by atoms with E-state index in [1.807, 2.05) is 19.1 Å². The van der Waals surface area contributed by atoms with Crippen LogP contribution in [-0.4, -0.2) is 17.6 Å². The molecule has 2 aromatic rings. The fourth-order valence-corrected chi connectivity index (χ4v) is 2.40. The maximum atomic E-state index is 11.8. The minimum absolute atomic E-state index is 0.0707. The zero-order chi connectivity index (χ0) is 13.4. The Morgan fingerprint density at radius 3 is 2.89 bits per heavy atom. The van der Waals surface area contributed by atoms with Gasteiger partial charge in [0.1, 0.15) is 11.9 Å². The maximum absolute atomic E-state index is 11.8. The fourth-order valence-electron chi connectivity index (χ4n) is 2.40. The molecule has 0 fully saturated rings. The summed E-state index contributed by atoms with van der Waals surface area (Å²) in [7, 11) is 0. The molecule has 2 N–H and O–H groups in total. The summed E-state index contributed by atoms with van der Waals surface area (Å²) >= 11 is 0. The van der Waals surface area contributed by atoms with E-state index in [2.05, 4.69) is 5.32 Å². The molecular weight excluding hydrogens is 242 g/mol. The topological polar surface area (TPSA) is 62.5 Å². The van der Waals surface area contributed by atoms with Crippen molar-refractivity contribution < 1.29 is 14.3 Å². The lowest BCUT2D eigenvalue weighted by Crippen LogP contribution is -2.31. The first-order valence-electron chi connectivity index (χ1n) is 6.29. The number of furan rings is 1. The van der Waals surface area contributed by atoms with E-state index in [4.69, 9.17) is 4.42 Å². The number of fused-ring (bicyclic) bond motifs is 1. The number of carbonyl (C=O) groups is 1. The highest BCUT2D eigenvalue weighted by Gasteiger charge is 2.20. The Labute approximate surface area is 111 Å². The third-order valence-corrected chi connectivity index (χ3v) is 3.44. The molecule has 19 heavy (non-hydrogen) atoms. The molecular formula is C15H15NO3. The summed E-state index contributed by atoms with van der Waals surface area (Å²) in [6, 6.07) is 7.34. The first-order valence-corrected chi connectivity index (χ1v) is 6.29. The number of carbonyl (C=O) groups excluding carboxylic acids is 1. The van der Waals surface area contributed by atoms with Gasteiger partial charge in [-0.05, 0) is 36.6 Å². The lowest BCUT2D eigenvalue weighted by atomic mass is 9.94. The molecule has 0 bridgehead atoms. The van der Waals surface area contributed by atoms with Crippen LogP contribution in [0.5, 0.6) is 0 Å². The predicted octanol–water partition coefficient (Wildman–Crippen LogP) is 1.96. The van der Waals surface area contributed by atoms with Crippen LogP contribution in [0.15, 0.2) is 34.9 Å². The van der Waals surface area contributed by atoms with Crippen molar-refractivity contribution in [2.75, 3.05) is 6.54 Å². The van der Waals surface area contributed by atoms with Crippen LogP contribution in [0.1, 0.15) is 38.9 Å². The van der Waals surface area contributed by atoms with Crippen molar-refractivity contribution in [2.45, 2.75) is 19.4 Å². The van der Waals surface area contributed by atoms with Crippen LogP contribution in [0, 0.1) is 6.92 Å². The highest BCUT2D eigenvalue weighted by atomic mass is 16.3. The molecule has 1 atom stereocenters. The number of benzene rings is 1. The Morgan fingerprint density at radius 1 is 1.32 bits per heavy atom. The van der Waals surface area contributed by atoms with Gasteiger partial charge in [0.05, 0.1) is 6.26 Å². The second-order valence-corrected chi connectivity index (χ2v) is 4.82. The molecule has 0 saturated carbocycles. The van der Waals surface area contributed by atoms with Crippen LogP contribution in [0.25, 0.3) is 0 Å². The smallest absolute Gasteiger partial charge is 0.251 e. The van der Waals surface area contributed by atoms with E-state index >= 15 is 0 Å². The van der Waals surface area contributed by atoms with E-state index in [-0.39, 0.29) is 5.91 Å². The van der Waals surface area contributed by atoms with E-state index < -0.39 is 6.10 Å². The van der Waals surface area contributed by atoms with Gasteiger partial charge in [0, 0.05) is 17.7 Å². The van der Waals surface area contributed by atoms with Gasteiger partial charge in [-0.3, -0.25) is 4.79 Å². The summed E-state index contributed by atoms with van der Waals surface area (Å²) in [6.45, 7) is 2.51. The van der Waals surface area contributed by atoms with Crippen LogP contribution >= 0.6 is 0 Å². The SMILES string of the molecule is Cc1cc(C(O)c2ccc3c(c2)C(=O)NCC3)co1. The van der Waals surface area contributed by atoms with E-state index in [0.29, 0.717) is 23.2 Å². The van der Waals surface area contributed by atoms with Crippen LogP contribution < -0.4 is 5.32 Å². The molecule has 4 nitrogen and oxygen atoms in total. The van der Waals surface area contributed by atoms with Gasteiger partial charge in [-0.2, -0.15) is 0 Å². The average molecular weight is 257 g/mol. The first-order chi connectivity index (χ1) is 9.15. The van der Waals surface area contributed by atoms with Gasteiger partial charge in [-0.15, -0.1) is 0 Å². The highest BCUT2D eigenvalue weighted by Crippen LogP contribution is 2.26. The quantitative estimate of drug-likeness (QED) is 0.864. The number of aliphatic hydroxyl groups is 1. The minimum atomic E-state index is -0.766. The van der Waals surface area contributed by atoms with Crippen LogP contribution in [-0.2, 0) is 6.42 Å². The molecule has 1 amide bonds. The standard InChI is InChI=1S/C15H15NO3/c1-9-6-12(8-19-9)14(17)11-3-2-10-4-5-16-15(18)13(10)7-11/h2-3,6-8,14,17H,4-5H2,1H3,(H,16,18). The molecule has 2 heterocycles. The Hall–Kier alpha value is -2.07. The maximum Gasteiger partial charge on any atom is 0.251 e. The number of aryl methyl sites for hydroxylation is 1. The van der Waals surface area contributed by atoms with Gasteiger partial charge >= 0.3 is 0 Å². The highest BCUT2D eigenvalue weighted by molar-refractivity contribution is 5.96. The zero-order valence-corrected chi connectivity index (χ0v) is 10.6. The summed E-state index contributed by atoms with van der Waals surface area (Å²) in [6.07, 6.45) is 1.61. The predicted molar refractivity (Wildman–Crippen MR) is 70.0 cm³/mol.